The van der Waals surface area contributed by atoms with Crippen molar-refractivity contribution >= 4 is 11.7 Å². The molecule has 0 fully saturated rings. The predicted molar refractivity (Wildman–Crippen MR) is 82.5 cm³/mol. The Balaban J connectivity index is 2.17. The monoisotopic (exact) mass is 322 g/mol. The molecule has 0 spiro atoms. The third-order valence-corrected chi connectivity index (χ3v) is 3.36. The lowest BCUT2D eigenvalue weighted by atomic mass is 10.2. The molecule has 3 nitrogen and oxygen atoms in total. The van der Waals surface area contributed by atoms with Gasteiger partial charge in [-0.15, -0.1) is 0 Å². The second kappa shape index (κ2) is 7.17. The molecule has 0 atom stereocenters. The standard InChI is InChI=1S/C17H17F3N2O/c1-11(2)22(10-12-6-4-3-5-7-12)17(23)21-14-9-8-13(18)15(19)16(14)20/h3-9,11H,10H2,1-2H3,(H,21,23). The molecule has 0 aromatic heterocycles. The Morgan fingerprint density at radius 1 is 1.04 bits per heavy atom. The fourth-order valence-corrected chi connectivity index (χ4v) is 2.08. The SMILES string of the molecule is CC(C)N(Cc1ccccc1)C(=O)Nc1ccc(F)c(F)c1F. The van der Waals surface area contributed by atoms with Crippen LogP contribution in [0.3, 0.4) is 0 Å². The van der Waals surface area contributed by atoms with Crippen LogP contribution in [0.15, 0.2) is 42.5 Å². The smallest absolute Gasteiger partial charge is 0.318 e. The lowest BCUT2D eigenvalue weighted by Crippen LogP contribution is -2.39. The molecule has 0 unspecified atom stereocenters. The number of nitrogens with one attached hydrogen (secondary N) is 1. The molecule has 0 aliphatic rings. The minimum absolute atomic E-state index is 0.163. The topological polar surface area (TPSA) is 32.3 Å². The number of hydrogen-bond donors (Lipinski definition) is 1. The third-order valence-electron chi connectivity index (χ3n) is 3.36. The average molecular weight is 322 g/mol. The Morgan fingerprint density at radius 3 is 2.30 bits per heavy atom. The zero-order chi connectivity index (χ0) is 17.0. The number of urea groups is 1. The van der Waals surface area contributed by atoms with E-state index in [0.29, 0.717) is 6.54 Å². The molecule has 1 N–H and O–H groups in total. The molecule has 0 heterocycles. The summed E-state index contributed by atoms with van der Waals surface area (Å²) < 4.78 is 39.8. The van der Waals surface area contributed by atoms with Gasteiger partial charge in [-0.3, -0.25) is 0 Å². The summed E-state index contributed by atoms with van der Waals surface area (Å²) in [5.74, 6) is -4.32. The summed E-state index contributed by atoms with van der Waals surface area (Å²) in [6, 6.07) is 10.3. The van der Waals surface area contributed by atoms with Crippen LogP contribution in [0.5, 0.6) is 0 Å². The molecule has 122 valence electrons. The minimum Gasteiger partial charge on any atom is -0.318 e. The molecule has 0 aliphatic carbocycles. The van der Waals surface area contributed by atoms with Gasteiger partial charge in [-0.25, -0.2) is 18.0 Å². The molecule has 0 aliphatic heterocycles. The van der Waals surface area contributed by atoms with Gasteiger partial charge in [-0.2, -0.15) is 0 Å². The van der Waals surface area contributed by atoms with Gasteiger partial charge >= 0.3 is 6.03 Å². The molecule has 23 heavy (non-hydrogen) atoms. The molecule has 0 saturated heterocycles. The molecule has 0 saturated carbocycles. The summed E-state index contributed by atoms with van der Waals surface area (Å²) in [5, 5.41) is 2.29. The number of amides is 2. The molecule has 0 bridgehead atoms. The first-order valence-corrected chi connectivity index (χ1v) is 7.15. The van der Waals surface area contributed by atoms with E-state index < -0.39 is 29.2 Å². The number of anilines is 1. The second-order valence-corrected chi connectivity index (χ2v) is 5.36. The van der Waals surface area contributed by atoms with Crippen LogP contribution in [-0.2, 0) is 6.54 Å². The van der Waals surface area contributed by atoms with Crippen molar-refractivity contribution in [2.75, 3.05) is 5.32 Å². The van der Waals surface area contributed by atoms with Crippen molar-refractivity contribution in [2.45, 2.75) is 26.4 Å². The van der Waals surface area contributed by atoms with E-state index in [4.69, 9.17) is 0 Å². The van der Waals surface area contributed by atoms with Gasteiger partial charge in [-0.05, 0) is 31.5 Å². The molecule has 0 radical (unpaired) electrons. The Bertz CT molecular complexity index is 690. The summed E-state index contributed by atoms with van der Waals surface area (Å²) in [5.41, 5.74) is 0.509. The van der Waals surface area contributed by atoms with Gasteiger partial charge in [-0.1, -0.05) is 30.3 Å². The number of benzene rings is 2. The Kier molecular flexibility index (Phi) is 5.26. The van der Waals surface area contributed by atoms with E-state index >= 15 is 0 Å². The van der Waals surface area contributed by atoms with Gasteiger partial charge in [0.1, 0.15) is 0 Å². The Labute approximate surface area is 132 Å². The highest BCUT2D eigenvalue weighted by atomic mass is 19.2. The van der Waals surface area contributed by atoms with Crippen molar-refractivity contribution in [3.05, 3.63) is 65.5 Å². The largest absolute Gasteiger partial charge is 0.322 e. The van der Waals surface area contributed by atoms with E-state index in [-0.39, 0.29) is 6.04 Å². The normalized spacial score (nSPS) is 10.7. The maximum atomic E-state index is 13.7. The summed E-state index contributed by atoms with van der Waals surface area (Å²) in [6.07, 6.45) is 0. The maximum absolute atomic E-state index is 13.7. The number of nitrogens with zero attached hydrogens (tertiary/aromatic N) is 1. The lowest BCUT2D eigenvalue weighted by molar-refractivity contribution is 0.193. The van der Waals surface area contributed by atoms with E-state index in [1.54, 1.807) is 0 Å². The fourth-order valence-electron chi connectivity index (χ4n) is 2.08. The van der Waals surface area contributed by atoms with Gasteiger partial charge in [0.25, 0.3) is 0 Å². The van der Waals surface area contributed by atoms with Crippen LogP contribution in [0.1, 0.15) is 19.4 Å². The molecule has 2 rings (SSSR count). The summed E-state index contributed by atoms with van der Waals surface area (Å²) in [6.45, 7) is 3.93. The number of halogens is 3. The van der Waals surface area contributed by atoms with Gasteiger partial charge < -0.3 is 10.2 Å². The highest BCUT2D eigenvalue weighted by Gasteiger charge is 2.20. The number of carbonyl (C=O) groups is 1. The van der Waals surface area contributed by atoms with Crippen molar-refractivity contribution in [3.63, 3.8) is 0 Å². The van der Waals surface area contributed by atoms with Crippen molar-refractivity contribution in [3.8, 4) is 0 Å². The second-order valence-electron chi connectivity index (χ2n) is 5.36. The van der Waals surface area contributed by atoms with Gasteiger partial charge in [0.2, 0.25) is 0 Å². The Hall–Kier alpha value is -2.50. The summed E-state index contributed by atoms with van der Waals surface area (Å²) in [7, 11) is 0. The first-order chi connectivity index (χ1) is 10.9. The van der Waals surface area contributed by atoms with Crippen LogP contribution in [0, 0.1) is 17.5 Å². The van der Waals surface area contributed by atoms with Crippen LogP contribution in [0.4, 0.5) is 23.7 Å². The first-order valence-electron chi connectivity index (χ1n) is 7.15. The van der Waals surface area contributed by atoms with Crippen LogP contribution < -0.4 is 5.32 Å². The van der Waals surface area contributed by atoms with E-state index in [0.717, 1.165) is 17.7 Å². The van der Waals surface area contributed by atoms with Gasteiger partial charge in [0.15, 0.2) is 17.5 Å². The van der Waals surface area contributed by atoms with E-state index in [9.17, 15) is 18.0 Å². The van der Waals surface area contributed by atoms with Crippen molar-refractivity contribution in [1.29, 1.82) is 0 Å². The van der Waals surface area contributed by atoms with Crippen molar-refractivity contribution in [2.24, 2.45) is 0 Å². The maximum Gasteiger partial charge on any atom is 0.322 e. The minimum atomic E-state index is -1.61. The number of rotatable bonds is 4. The van der Waals surface area contributed by atoms with Crippen molar-refractivity contribution < 1.29 is 18.0 Å². The highest BCUT2D eigenvalue weighted by Crippen LogP contribution is 2.20. The van der Waals surface area contributed by atoms with Crippen LogP contribution in [-0.4, -0.2) is 17.0 Å². The van der Waals surface area contributed by atoms with E-state index in [1.807, 2.05) is 44.2 Å². The van der Waals surface area contributed by atoms with Crippen LogP contribution >= 0.6 is 0 Å². The summed E-state index contributed by atoms with van der Waals surface area (Å²) in [4.78, 5) is 13.8. The molecular weight excluding hydrogens is 305 g/mol. The van der Waals surface area contributed by atoms with E-state index in [2.05, 4.69) is 5.32 Å². The molecule has 2 aromatic carbocycles. The van der Waals surface area contributed by atoms with Gasteiger partial charge in [0, 0.05) is 12.6 Å². The zero-order valence-electron chi connectivity index (χ0n) is 12.8. The fraction of sp³-hybridized carbons (Fsp3) is 0.235. The molecule has 2 aromatic rings. The Morgan fingerprint density at radius 2 is 1.70 bits per heavy atom. The number of hydrogen-bond acceptors (Lipinski definition) is 1. The number of carbonyl (C=O) groups excluding carboxylic acids is 1. The molecular formula is C17H17F3N2O. The van der Waals surface area contributed by atoms with Crippen LogP contribution in [0.2, 0.25) is 0 Å². The van der Waals surface area contributed by atoms with Crippen LogP contribution in [0.25, 0.3) is 0 Å². The van der Waals surface area contributed by atoms with Gasteiger partial charge in [0.05, 0.1) is 5.69 Å². The van der Waals surface area contributed by atoms with Crippen molar-refractivity contribution in [1.82, 2.24) is 4.90 Å². The average Bonchev–Trinajstić information content (AvgIpc) is 2.53. The molecule has 6 heteroatoms. The summed E-state index contributed by atoms with van der Waals surface area (Å²) >= 11 is 0. The third kappa shape index (κ3) is 4.03. The lowest BCUT2D eigenvalue weighted by Gasteiger charge is -2.27. The first kappa shape index (κ1) is 16.9. The predicted octanol–water partition coefficient (Wildman–Crippen LogP) is 4.55. The van der Waals surface area contributed by atoms with E-state index in [1.165, 1.54) is 4.90 Å². The quantitative estimate of drug-likeness (QED) is 0.823. The highest BCUT2D eigenvalue weighted by molar-refractivity contribution is 5.89. The zero-order valence-corrected chi connectivity index (χ0v) is 12.8. The molecule has 2 amide bonds.